The summed E-state index contributed by atoms with van der Waals surface area (Å²) >= 11 is 1.52. The zero-order valence-corrected chi connectivity index (χ0v) is 14.9. The monoisotopic (exact) mass is 373 g/mol. The third-order valence-corrected chi connectivity index (χ3v) is 4.76. The fourth-order valence-corrected chi connectivity index (χ4v) is 3.44. The Balaban J connectivity index is 1.59. The first-order valence-corrected chi connectivity index (χ1v) is 9.22. The van der Waals surface area contributed by atoms with Gasteiger partial charge in [-0.3, -0.25) is 9.59 Å². The molecule has 6 nitrogen and oxygen atoms in total. The Bertz CT molecular complexity index is 781. The SMILES string of the molecule is O=C(O)CN(C(=O)CCSc1ccc2c(c1)OCCO2)c1ccccc1. The van der Waals surface area contributed by atoms with E-state index in [4.69, 9.17) is 14.6 Å². The van der Waals surface area contributed by atoms with Crippen molar-refractivity contribution in [1.29, 1.82) is 0 Å². The molecule has 2 aromatic rings. The van der Waals surface area contributed by atoms with Crippen molar-refractivity contribution in [3.63, 3.8) is 0 Å². The number of carbonyl (C=O) groups is 2. The molecule has 0 radical (unpaired) electrons. The van der Waals surface area contributed by atoms with Gasteiger partial charge in [0, 0.05) is 22.8 Å². The highest BCUT2D eigenvalue weighted by Crippen LogP contribution is 2.34. The summed E-state index contributed by atoms with van der Waals surface area (Å²) in [5.41, 5.74) is 0.587. The van der Waals surface area contributed by atoms with Gasteiger partial charge in [-0.15, -0.1) is 11.8 Å². The molecule has 0 spiro atoms. The van der Waals surface area contributed by atoms with Gasteiger partial charge in [-0.25, -0.2) is 0 Å². The van der Waals surface area contributed by atoms with E-state index in [2.05, 4.69) is 0 Å². The Morgan fingerprint density at radius 2 is 1.77 bits per heavy atom. The van der Waals surface area contributed by atoms with Crippen molar-refractivity contribution in [2.24, 2.45) is 0 Å². The summed E-state index contributed by atoms with van der Waals surface area (Å²) in [6.45, 7) is 0.727. The minimum atomic E-state index is -1.04. The molecule has 0 saturated carbocycles. The highest BCUT2D eigenvalue weighted by atomic mass is 32.2. The molecule has 0 bridgehead atoms. The molecule has 26 heavy (non-hydrogen) atoms. The molecule has 1 aliphatic rings. The number of para-hydroxylation sites is 1. The van der Waals surface area contributed by atoms with E-state index < -0.39 is 5.97 Å². The van der Waals surface area contributed by atoms with Crippen LogP contribution in [0.5, 0.6) is 11.5 Å². The van der Waals surface area contributed by atoms with Crippen molar-refractivity contribution in [3.8, 4) is 11.5 Å². The lowest BCUT2D eigenvalue weighted by Gasteiger charge is -2.21. The predicted molar refractivity (Wildman–Crippen MR) is 99.2 cm³/mol. The molecular weight excluding hydrogens is 354 g/mol. The number of carboxylic acid groups (broad SMARTS) is 1. The maximum Gasteiger partial charge on any atom is 0.323 e. The Morgan fingerprint density at radius 1 is 1.04 bits per heavy atom. The van der Waals surface area contributed by atoms with E-state index in [0.29, 0.717) is 30.4 Å². The lowest BCUT2D eigenvalue weighted by atomic mass is 10.2. The molecule has 0 fully saturated rings. The first-order chi connectivity index (χ1) is 12.6. The minimum absolute atomic E-state index is 0.219. The van der Waals surface area contributed by atoms with Crippen molar-refractivity contribution < 1.29 is 24.2 Å². The molecule has 1 amide bonds. The number of benzene rings is 2. The summed E-state index contributed by atoms with van der Waals surface area (Å²) in [7, 11) is 0. The molecule has 7 heteroatoms. The molecule has 1 aliphatic heterocycles. The van der Waals surface area contributed by atoms with E-state index in [0.717, 1.165) is 10.6 Å². The molecule has 2 aromatic carbocycles. The first kappa shape index (κ1) is 18.1. The highest BCUT2D eigenvalue weighted by Gasteiger charge is 2.18. The fraction of sp³-hybridized carbons (Fsp3) is 0.263. The van der Waals surface area contributed by atoms with E-state index >= 15 is 0 Å². The Kier molecular flexibility index (Phi) is 6.01. The number of nitrogens with zero attached hydrogens (tertiary/aromatic N) is 1. The summed E-state index contributed by atoms with van der Waals surface area (Å²) in [5.74, 6) is 0.727. The average Bonchev–Trinajstić information content (AvgIpc) is 2.66. The van der Waals surface area contributed by atoms with Gasteiger partial charge >= 0.3 is 5.97 Å². The smallest absolute Gasteiger partial charge is 0.323 e. The maximum atomic E-state index is 12.5. The lowest BCUT2D eigenvalue weighted by Crippen LogP contribution is -2.35. The van der Waals surface area contributed by atoms with Gasteiger partial charge in [0.25, 0.3) is 0 Å². The predicted octanol–water partition coefficient (Wildman–Crippen LogP) is 3.06. The van der Waals surface area contributed by atoms with Crippen LogP contribution in [0.15, 0.2) is 53.4 Å². The van der Waals surface area contributed by atoms with Gasteiger partial charge < -0.3 is 19.5 Å². The van der Waals surface area contributed by atoms with Crippen LogP contribution in [0.2, 0.25) is 0 Å². The second-order valence-corrected chi connectivity index (χ2v) is 6.78. The van der Waals surface area contributed by atoms with Crippen molar-refractivity contribution in [2.75, 3.05) is 30.4 Å². The van der Waals surface area contributed by atoms with E-state index in [1.165, 1.54) is 16.7 Å². The highest BCUT2D eigenvalue weighted by molar-refractivity contribution is 7.99. The van der Waals surface area contributed by atoms with Crippen LogP contribution in [0, 0.1) is 0 Å². The van der Waals surface area contributed by atoms with Gasteiger partial charge in [-0.05, 0) is 30.3 Å². The molecule has 0 aromatic heterocycles. The van der Waals surface area contributed by atoms with Crippen LogP contribution in [0.25, 0.3) is 0 Å². The third kappa shape index (κ3) is 4.70. The van der Waals surface area contributed by atoms with Crippen molar-refractivity contribution in [2.45, 2.75) is 11.3 Å². The number of rotatable bonds is 7. The number of ether oxygens (including phenoxy) is 2. The molecule has 3 rings (SSSR count). The van der Waals surface area contributed by atoms with Crippen LogP contribution in [-0.2, 0) is 9.59 Å². The molecule has 136 valence electrons. The van der Waals surface area contributed by atoms with Crippen LogP contribution in [-0.4, -0.2) is 42.5 Å². The normalized spacial score (nSPS) is 12.5. The Labute approximate surface area is 155 Å². The Hall–Kier alpha value is -2.67. The van der Waals surface area contributed by atoms with E-state index in [1.54, 1.807) is 24.3 Å². The summed E-state index contributed by atoms with van der Waals surface area (Å²) in [5, 5.41) is 9.09. The molecule has 0 atom stereocenters. The van der Waals surface area contributed by atoms with Crippen LogP contribution >= 0.6 is 11.8 Å². The second kappa shape index (κ2) is 8.62. The summed E-state index contributed by atoms with van der Waals surface area (Å²) in [6, 6.07) is 14.5. The first-order valence-electron chi connectivity index (χ1n) is 8.23. The zero-order valence-electron chi connectivity index (χ0n) is 14.1. The topological polar surface area (TPSA) is 76.1 Å². The number of amides is 1. The molecule has 1 heterocycles. The molecule has 1 N–H and O–H groups in total. The minimum Gasteiger partial charge on any atom is -0.486 e. The van der Waals surface area contributed by atoms with Crippen molar-refractivity contribution in [1.82, 2.24) is 0 Å². The summed E-state index contributed by atoms with van der Waals surface area (Å²) in [4.78, 5) is 25.9. The number of fused-ring (bicyclic) bond motifs is 1. The maximum absolute atomic E-state index is 12.5. The Morgan fingerprint density at radius 3 is 2.50 bits per heavy atom. The summed E-state index contributed by atoms with van der Waals surface area (Å²) < 4.78 is 11.0. The molecular formula is C19H19NO5S. The number of carbonyl (C=O) groups excluding carboxylic acids is 1. The van der Waals surface area contributed by atoms with Crippen molar-refractivity contribution in [3.05, 3.63) is 48.5 Å². The van der Waals surface area contributed by atoms with Crippen LogP contribution in [0.4, 0.5) is 5.69 Å². The second-order valence-electron chi connectivity index (χ2n) is 5.61. The summed E-state index contributed by atoms with van der Waals surface area (Å²) in [6.07, 6.45) is 0.237. The zero-order chi connectivity index (χ0) is 18.4. The number of hydrogen-bond donors (Lipinski definition) is 1. The van der Waals surface area contributed by atoms with E-state index in [1.807, 2.05) is 24.3 Å². The van der Waals surface area contributed by atoms with Crippen molar-refractivity contribution >= 4 is 29.3 Å². The molecule has 0 aliphatic carbocycles. The van der Waals surface area contributed by atoms with Crippen LogP contribution < -0.4 is 14.4 Å². The van der Waals surface area contributed by atoms with Gasteiger partial charge in [0.05, 0.1) is 0 Å². The van der Waals surface area contributed by atoms with Crippen LogP contribution in [0.3, 0.4) is 0 Å². The van der Waals surface area contributed by atoms with Gasteiger partial charge in [-0.2, -0.15) is 0 Å². The standard InChI is InChI=1S/C19H19NO5S/c21-18(20(13-19(22)23)14-4-2-1-3-5-14)8-11-26-15-6-7-16-17(12-15)25-10-9-24-16/h1-7,12H,8-11,13H2,(H,22,23). The number of anilines is 1. The number of hydrogen-bond acceptors (Lipinski definition) is 5. The number of aliphatic carboxylic acids is 1. The van der Waals surface area contributed by atoms with Gasteiger partial charge in [-0.1, -0.05) is 18.2 Å². The van der Waals surface area contributed by atoms with Gasteiger partial charge in [0.1, 0.15) is 19.8 Å². The van der Waals surface area contributed by atoms with Crippen LogP contribution in [0.1, 0.15) is 6.42 Å². The molecule has 0 unspecified atom stereocenters. The number of carboxylic acids is 1. The average molecular weight is 373 g/mol. The fourth-order valence-electron chi connectivity index (χ4n) is 2.57. The quantitative estimate of drug-likeness (QED) is 0.752. The molecule has 0 saturated heterocycles. The van der Waals surface area contributed by atoms with E-state index in [9.17, 15) is 9.59 Å². The number of thioether (sulfide) groups is 1. The van der Waals surface area contributed by atoms with Gasteiger partial charge in [0.15, 0.2) is 11.5 Å². The van der Waals surface area contributed by atoms with E-state index in [-0.39, 0.29) is 18.9 Å². The third-order valence-electron chi connectivity index (χ3n) is 3.76. The van der Waals surface area contributed by atoms with Gasteiger partial charge in [0.2, 0.25) is 5.91 Å². The lowest BCUT2D eigenvalue weighted by molar-refractivity contribution is -0.136. The largest absolute Gasteiger partial charge is 0.486 e.